The number of hydrogen-bond donors (Lipinski definition) is 1. The normalized spacial score (nSPS) is 16.5. The molecule has 4 rings (SSSR count). The van der Waals surface area contributed by atoms with E-state index in [9.17, 15) is 4.79 Å². The van der Waals surface area contributed by atoms with E-state index in [2.05, 4.69) is 81.9 Å². The molecule has 152 valence electrons. The van der Waals surface area contributed by atoms with Crippen molar-refractivity contribution in [2.45, 2.75) is 20.8 Å². The largest absolute Gasteiger partial charge is 0.318 e. The smallest absolute Gasteiger partial charge is 0.264 e. The fourth-order valence-corrected chi connectivity index (χ4v) is 4.57. The molecule has 7 heteroatoms. The first-order valence-corrected chi connectivity index (χ1v) is 11.3. The van der Waals surface area contributed by atoms with E-state index in [0.29, 0.717) is 20.8 Å². The molecule has 1 fully saturated rings. The highest BCUT2D eigenvalue weighted by atomic mass is 79.9. The minimum absolute atomic E-state index is 0.151. The Morgan fingerprint density at radius 3 is 2.53 bits per heavy atom. The summed E-state index contributed by atoms with van der Waals surface area (Å²) >= 11 is 10.8. The fourth-order valence-electron chi connectivity index (χ4n) is 3.32. The second kappa shape index (κ2) is 8.46. The van der Waals surface area contributed by atoms with E-state index in [1.807, 2.05) is 18.2 Å². The van der Waals surface area contributed by atoms with E-state index in [0.717, 1.165) is 27.1 Å². The van der Waals surface area contributed by atoms with Gasteiger partial charge in [0, 0.05) is 21.5 Å². The van der Waals surface area contributed by atoms with Crippen LogP contribution in [0.1, 0.15) is 22.5 Å². The standard InChI is InChI=1S/C23H19BrClN3OS/c1-13-4-7-18(8-5-13)28-14(2)10-16(15(28)3)11-21-22(29)27-23(30-21)26-17-6-9-19(24)20(25)12-17/h4-12H,1-3H3,(H,26,27,29)/b21-11-. The number of aromatic nitrogens is 1. The highest BCUT2D eigenvalue weighted by Crippen LogP contribution is 2.32. The number of carbonyl (C=O) groups is 1. The Bertz CT molecular complexity index is 1210. The van der Waals surface area contributed by atoms with Crippen LogP contribution in [-0.2, 0) is 4.79 Å². The van der Waals surface area contributed by atoms with E-state index in [-0.39, 0.29) is 5.91 Å². The third-order valence-electron chi connectivity index (χ3n) is 4.83. The predicted octanol–water partition coefficient (Wildman–Crippen LogP) is 6.71. The maximum absolute atomic E-state index is 12.5. The first-order valence-electron chi connectivity index (χ1n) is 9.32. The molecule has 1 amide bonds. The Morgan fingerprint density at radius 1 is 1.10 bits per heavy atom. The Hall–Kier alpha value is -2.28. The van der Waals surface area contributed by atoms with Crippen LogP contribution >= 0.6 is 39.3 Å². The van der Waals surface area contributed by atoms with Gasteiger partial charge in [0.2, 0.25) is 0 Å². The molecule has 3 aromatic rings. The summed E-state index contributed by atoms with van der Waals surface area (Å²) in [6.07, 6.45) is 1.92. The maximum Gasteiger partial charge on any atom is 0.264 e. The lowest BCUT2D eigenvalue weighted by atomic mass is 10.2. The molecule has 2 aromatic carbocycles. The van der Waals surface area contributed by atoms with Crippen LogP contribution in [0.15, 0.2) is 62.9 Å². The van der Waals surface area contributed by atoms with Crippen LogP contribution in [0.4, 0.5) is 5.69 Å². The lowest BCUT2D eigenvalue weighted by Crippen LogP contribution is -2.19. The van der Waals surface area contributed by atoms with Gasteiger partial charge in [-0.1, -0.05) is 29.3 Å². The zero-order chi connectivity index (χ0) is 21.4. The molecule has 2 heterocycles. The molecule has 0 radical (unpaired) electrons. The van der Waals surface area contributed by atoms with Gasteiger partial charge in [-0.15, -0.1) is 0 Å². The van der Waals surface area contributed by atoms with Gasteiger partial charge in [-0.05, 0) is 96.5 Å². The number of carbonyl (C=O) groups excluding carboxylic acids is 1. The number of aliphatic imine (C=N–C) groups is 1. The monoisotopic (exact) mass is 499 g/mol. The van der Waals surface area contributed by atoms with Gasteiger partial charge in [0.25, 0.3) is 5.91 Å². The number of rotatable bonds is 3. The maximum atomic E-state index is 12.5. The number of amidine groups is 1. The zero-order valence-corrected chi connectivity index (χ0v) is 19.8. The number of amides is 1. The highest BCUT2D eigenvalue weighted by molar-refractivity contribution is 9.10. The third-order valence-corrected chi connectivity index (χ3v) is 6.98. The van der Waals surface area contributed by atoms with Gasteiger partial charge in [-0.25, -0.2) is 4.99 Å². The minimum Gasteiger partial charge on any atom is -0.318 e. The van der Waals surface area contributed by atoms with Crippen LogP contribution in [0.2, 0.25) is 5.02 Å². The Morgan fingerprint density at radius 2 is 1.83 bits per heavy atom. The first kappa shape index (κ1) is 21.0. The van der Waals surface area contributed by atoms with Crippen LogP contribution in [-0.4, -0.2) is 15.6 Å². The number of nitrogens with one attached hydrogen (secondary N) is 1. The van der Waals surface area contributed by atoms with Crippen molar-refractivity contribution in [1.82, 2.24) is 9.88 Å². The molecule has 0 unspecified atom stereocenters. The van der Waals surface area contributed by atoms with E-state index in [1.165, 1.54) is 17.3 Å². The second-order valence-electron chi connectivity index (χ2n) is 7.08. The van der Waals surface area contributed by atoms with Crippen molar-refractivity contribution in [2.24, 2.45) is 4.99 Å². The van der Waals surface area contributed by atoms with E-state index in [4.69, 9.17) is 11.6 Å². The van der Waals surface area contributed by atoms with Crippen LogP contribution in [0.3, 0.4) is 0 Å². The summed E-state index contributed by atoms with van der Waals surface area (Å²) in [5.41, 5.74) is 6.23. The molecule has 1 aromatic heterocycles. The molecule has 1 saturated heterocycles. The molecule has 1 aliphatic rings. The third kappa shape index (κ3) is 4.26. The molecular formula is C23H19BrClN3OS. The Labute approximate surface area is 193 Å². The number of thioether (sulfide) groups is 1. The van der Waals surface area contributed by atoms with Crippen molar-refractivity contribution in [3.8, 4) is 5.69 Å². The number of halogens is 2. The molecule has 4 nitrogen and oxygen atoms in total. The fraction of sp³-hybridized carbons (Fsp3) is 0.130. The molecule has 0 bridgehead atoms. The van der Waals surface area contributed by atoms with E-state index in [1.54, 1.807) is 6.07 Å². The Balaban J connectivity index is 1.63. The van der Waals surface area contributed by atoms with Gasteiger partial charge in [0.1, 0.15) is 0 Å². The van der Waals surface area contributed by atoms with Gasteiger partial charge in [0.15, 0.2) is 5.17 Å². The molecule has 0 atom stereocenters. The highest BCUT2D eigenvalue weighted by Gasteiger charge is 2.24. The summed E-state index contributed by atoms with van der Waals surface area (Å²) < 4.78 is 3.00. The van der Waals surface area contributed by atoms with Crippen LogP contribution in [0.5, 0.6) is 0 Å². The number of hydrogen-bond acceptors (Lipinski definition) is 3. The van der Waals surface area contributed by atoms with Gasteiger partial charge < -0.3 is 9.88 Å². The van der Waals surface area contributed by atoms with Crippen molar-refractivity contribution in [3.63, 3.8) is 0 Å². The van der Waals surface area contributed by atoms with Crippen molar-refractivity contribution in [1.29, 1.82) is 0 Å². The minimum atomic E-state index is -0.151. The van der Waals surface area contributed by atoms with Gasteiger partial charge >= 0.3 is 0 Å². The molecule has 1 N–H and O–H groups in total. The lowest BCUT2D eigenvalue weighted by Gasteiger charge is -2.10. The zero-order valence-electron chi connectivity index (χ0n) is 16.7. The summed E-state index contributed by atoms with van der Waals surface area (Å²) in [6.45, 7) is 6.21. The lowest BCUT2D eigenvalue weighted by molar-refractivity contribution is -0.115. The quantitative estimate of drug-likeness (QED) is 0.406. The molecule has 0 saturated carbocycles. The number of aryl methyl sites for hydroxylation is 2. The molecule has 30 heavy (non-hydrogen) atoms. The molecule has 1 aliphatic heterocycles. The van der Waals surface area contributed by atoms with Crippen molar-refractivity contribution in [3.05, 3.63) is 85.4 Å². The van der Waals surface area contributed by atoms with Crippen molar-refractivity contribution >= 4 is 62.1 Å². The summed E-state index contributed by atoms with van der Waals surface area (Å²) in [6, 6.07) is 15.9. The number of benzene rings is 2. The average molecular weight is 501 g/mol. The van der Waals surface area contributed by atoms with Crippen molar-refractivity contribution in [2.75, 3.05) is 0 Å². The van der Waals surface area contributed by atoms with Gasteiger partial charge in [-0.2, -0.15) is 0 Å². The van der Waals surface area contributed by atoms with E-state index >= 15 is 0 Å². The van der Waals surface area contributed by atoms with Crippen LogP contribution in [0, 0.1) is 20.8 Å². The first-order chi connectivity index (χ1) is 14.3. The summed E-state index contributed by atoms with van der Waals surface area (Å²) in [4.78, 5) is 17.6. The second-order valence-corrected chi connectivity index (χ2v) is 9.37. The Kier molecular flexibility index (Phi) is 5.91. The number of nitrogens with zero attached hydrogens (tertiary/aromatic N) is 2. The summed E-state index contributed by atoms with van der Waals surface area (Å²) in [5.74, 6) is -0.151. The SMILES string of the molecule is Cc1ccc(-n2c(C)cc(/C=C3\SC(=Nc4ccc(Br)c(Cl)c4)NC3=O)c2C)cc1. The topological polar surface area (TPSA) is 46.4 Å². The summed E-state index contributed by atoms with van der Waals surface area (Å²) in [5, 5.41) is 3.94. The predicted molar refractivity (Wildman–Crippen MR) is 130 cm³/mol. The van der Waals surface area contributed by atoms with Gasteiger partial charge in [0.05, 0.1) is 15.6 Å². The summed E-state index contributed by atoms with van der Waals surface area (Å²) in [7, 11) is 0. The van der Waals surface area contributed by atoms with Crippen LogP contribution in [0.25, 0.3) is 11.8 Å². The van der Waals surface area contributed by atoms with E-state index < -0.39 is 0 Å². The van der Waals surface area contributed by atoms with Crippen molar-refractivity contribution < 1.29 is 4.79 Å². The van der Waals surface area contributed by atoms with Gasteiger partial charge in [-0.3, -0.25) is 4.79 Å². The molecule has 0 aliphatic carbocycles. The average Bonchev–Trinajstić information content (AvgIpc) is 3.18. The van der Waals surface area contributed by atoms with Crippen LogP contribution < -0.4 is 5.32 Å². The molecule has 0 spiro atoms. The molecular weight excluding hydrogens is 482 g/mol.